The van der Waals surface area contributed by atoms with Crippen LogP contribution in [0, 0.1) is 5.82 Å². The molecule has 144 valence electrons. The maximum absolute atomic E-state index is 13.8. The highest BCUT2D eigenvalue weighted by atomic mass is 35.5. The van der Waals surface area contributed by atoms with Gasteiger partial charge in [-0.25, -0.2) is 4.39 Å². The number of nitrogens with one attached hydrogen (secondary N) is 1. The Balaban J connectivity index is 1.65. The van der Waals surface area contributed by atoms with Crippen molar-refractivity contribution < 1.29 is 18.7 Å². The van der Waals surface area contributed by atoms with Crippen LogP contribution in [0.4, 0.5) is 15.8 Å². The van der Waals surface area contributed by atoms with Gasteiger partial charge in [0, 0.05) is 24.5 Å². The minimum absolute atomic E-state index is 0.150. The first-order chi connectivity index (χ1) is 13.1. The predicted molar refractivity (Wildman–Crippen MR) is 104 cm³/mol. The van der Waals surface area contributed by atoms with E-state index in [4.69, 9.17) is 21.1 Å². The number of rotatable bonds is 6. The van der Waals surface area contributed by atoms with Crippen LogP contribution in [0.1, 0.15) is 12.0 Å². The Kier molecular flexibility index (Phi) is 6.53. The molecule has 0 spiro atoms. The molecule has 0 bridgehead atoms. The van der Waals surface area contributed by atoms with E-state index in [1.165, 1.54) is 13.2 Å². The Morgan fingerprint density at radius 2 is 2.04 bits per heavy atom. The van der Waals surface area contributed by atoms with Gasteiger partial charge in [0.05, 0.1) is 31.7 Å². The summed E-state index contributed by atoms with van der Waals surface area (Å²) in [5, 5.41) is 3.49. The van der Waals surface area contributed by atoms with Crippen molar-refractivity contribution in [1.29, 1.82) is 0 Å². The van der Waals surface area contributed by atoms with E-state index in [1.807, 2.05) is 12.1 Å². The zero-order chi connectivity index (χ0) is 19.2. The second-order valence-corrected chi connectivity index (χ2v) is 6.71. The van der Waals surface area contributed by atoms with Crippen molar-refractivity contribution in [1.82, 2.24) is 0 Å². The molecular weight excluding hydrogens is 371 g/mol. The molecule has 1 amide bonds. The number of amides is 1. The van der Waals surface area contributed by atoms with Crippen molar-refractivity contribution in [2.75, 3.05) is 43.6 Å². The van der Waals surface area contributed by atoms with Crippen molar-refractivity contribution in [3.8, 4) is 5.75 Å². The van der Waals surface area contributed by atoms with Gasteiger partial charge in [0.25, 0.3) is 0 Å². The fourth-order valence-electron chi connectivity index (χ4n) is 3.02. The molecule has 2 aromatic carbocycles. The van der Waals surface area contributed by atoms with Gasteiger partial charge >= 0.3 is 0 Å². The highest BCUT2D eigenvalue weighted by Crippen LogP contribution is 2.30. The van der Waals surface area contributed by atoms with Crippen molar-refractivity contribution in [3.63, 3.8) is 0 Å². The number of ether oxygens (including phenoxy) is 2. The van der Waals surface area contributed by atoms with Crippen LogP contribution >= 0.6 is 11.6 Å². The Morgan fingerprint density at radius 3 is 2.74 bits per heavy atom. The molecule has 2 aromatic rings. The molecule has 7 heteroatoms. The third kappa shape index (κ3) is 5.11. The summed E-state index contributed by atoms with van der Waals surface area (Å²) in [5.74, 6) is -0.389. The average Bonchev–Trinajstić information content (AvgIpc) is 2.67. The minimum Gasteiger partial charge on any atom is -0.494 e. The summed E-state index contributed by atoms with van der Waals surface area (Å²) >= 11 is 6.11. The number of aryl methyl sites for hydroxylation is 1. The quantitative estimate of drug-likeness (QED) is 0.810. The monoisotopic (exact) mass is 392 g/mol. The molecule has 0 saturated carbocycles. The second-order valence-electron chi connectivity index (χ2n) is 6.28. The van der Waals surface area contributed by atoms with Crippen LogP contribution in [0.15, 0.2) is 36.4 Å². The topological polar surface area (TPSA) is 50.8 Å². The van der Waals surface area contributed by atoms with E-state index in [1.54, 1.807) is 18.2 Å². The molecule has 1 N–H and O–H groups in total. The molecule has 3 rings (SSSR count). The van der Waals surface area contributed by atoms with Crippen molar-refractivity contribution in [2.24, 2.45) is 0 Å². The van der Waals surface area contributed by atoms with Crippen molar-refractivity contribution in [2.45, 2.75) is 12.8 Å². The molecule has 1 fully saturated rings. The Hall–Kier alpha value is -2.31. The minimum atomic E-state index is -0.431. The lowest BCUT2D eigenvalue weighted by Crippen LogP contribution is -2.36. The number of hydrogen-bond acceptors (Lipinski definition) is 4. The van der Waals surface area contributed by atoms with Gasteiger partial charge < -0.3 is 19.7 Å². The number of carbonyl (C=O) groups is 1. The van der Waals surface area contributed by atoms with Gasteiger partial charge in [-0.1, -0.05) is 17.7 Å². The van der Waals surface area contributed by atoms with Crippen molar-refractivity contribution >= 4 is 28.9 Å². The Bertz CT molecular complexity index is 810. The summed E-state index contributed by atoms with van der Waals surface area (Å²) in [7, 11) is 1.42. The number of hydrogen-bond donors (Lipinski definition) is 1. The molecule has 0 aromatic heterocycles. The smallest absolute Gasteiger partial charge is 0.224 e. The Labute approximate surface area is 163 Å². The fourth-order valence-corrected chi connectivity index (χ4v) is 3.20. The number of methoxy groups -OCH3 is 1. The summed E-state index contributed by atoms with van der Waals surface area (Å²) < 4.78 is 24.1. The highest BCUT2D eigenvalue weighted by molar-refractivity contribution is 6.31. The SMILES string of the molecule is COc1ccc(CCC(=O)Nc2cc(Cl)ccc2N2CCOCC2)cc1F. The summed E-state index contributed by atoms with van der Waals surface area (Å²) in [4.78, 5) is 14.6. The van der Waals surface area contributed by atoms with E-state index >= 15 is 0 Å². The molecule has 1 aliphatic heterocycles. The first-order valence-corrected chi connectivity index (χ1v) is 9.19. The second kappa shape index (κ2) is 9.06. The summed E-state index contributed by atoms with van der Waals surface area (Å²) in [6, 6.07) is 10.2. The van der Waals surface area contributed by atoms with Gasteiger partial charge in [-0.2, -0.15) is 0 Å². The maximum atomic E-state index is 13.8. The van der Waals surface area contributed by atoms with Crippen LogP contribution in [0.25, 0.3) is 0 Å². The first-order valence-electron chi connectivity index (χ1n) is 8.81. The van der Waals surface area contributed by atoms with Crippen LogP contribution in [0.2, 0.25) is 5.02 Å². The number of morpholine rings is 1. The number of halogens is 2. The third-order valence-electron chi connectivity index (χ3n) is 4.44. The predicted octanol–water partition coefficient (Wildman–Crippen LogP) is 3.90. The van der Waals surface area contributed by atoms with E-state index in [0.29, 0.717) is 30.3 Å². The van der Waals surface area contributed by atoms with E-state index in [9.17, 15) is 9.18 Å². The number of nitrogens with zero attached hydrogens (tertiary/aromatic N) is 1. The van der Waals surface area contributed by atoms with E-state index in [-0.39, 0.29) is 18.1 Å². The number of benzene rings is 2. The molecular formula is C20H22ClFN2O3. The van der Waals surface area contributed by atoms with Crippen LogP contribution in [0.3, 0.4) is 0 Å². The van der Waals surface area contributed by atoms with Crippen molar-refractivity contribution in [3.05, 3.63) is 52.8 Å². The molecule has 1 aliphatic rings. The molecule has 0 atom stereocenters. The highest BCUT2D eigenvalue weighted by Gasteiger charge is 2.16. The maximum Gasteiger partial charge on any atom is 0.224 e. The lowest BCUT2D eigenvalue weighted by molar-refractivity contribution is -0.116. The zero-order valence-corrected chi connectivity index (χ0v) is 15.9. The molecule has 0 aliphatic carbocycles. The molecule has 5 nitrogen and oxygen atoms in total. The molecule has 0 radical (unpaired) electrons. The Morgan fingerprint density at radius 1 is 1.26 bits per heavy atom. The van der Waals surface area contributed by atoms with Gasteiger partial charge in [0.15, 0.2) is 11.6 Å². The van der Waals surface area contributed by atoms with Gasteiger partial charge in [0.1, 0.15) is 0 Å². The molecule has 0 unspecified atom stereocenters. The number of carbonyl (C=O) groups excluding carboxylic acids is 1. The normalized spacial score (nSPS) is 14.1. The van der Waals surface area contributed by atoms with Crippen LogP contribution in [-0.2, 0) is 16.0 Å². The zero-order valence-electron chi connectivity index (χ0n) is 15.1. The van der Waals surface area contributed by atoms with Crippen LogP contribution < -0.4 is 15.0 Å². The van der Waals surface area contributed by atoms with E-state index in [2.05, 4.69) is 10.2 Å². The molecule has 1 saturated heterocycles. The van der Waals surface area contributed by atoms with Gasteiger partial charge in [-0.3, -0.25) is 4.79 Å². The van der Waals surface area contributed by atoms with Gasteiger partial charge in [-0.15, -0.1) is 0 Å². The summed E-state index contributed by atoms with van der Waals surface area (Å²) in [6.07, 6.45) is 0.668. The lowest BCUT2D eigenvalue weighted by atomic mass is 10.1. The van der Waals surface area contributed by atoms with Crippen LogP contribution in [0.5, 0.6) is 5.75 Å². The largest absolute Gasteiger partial charge is 0.494 e. The standard InChI is InChI=1S/C20H22ClFN2O3/c1-26-19-6-2-14(12-16(19)22)3-7-20(25)23-17-13-15(21)4-5-18(17)24-8-10-27-11-9-24/h2,4-6,12-13H,3,7-11H2,1H3,(H,23,25). The van der Waals surface area contributed by atoms with E-state index in [0.717, 1.165) is 24.3 Å². The summed E-state index contributed by atoms with van der Waals surface area (Å²) in [6.45, 7) is 2.82. The summed E-state index contributed by atoms with van der Waals surface area (Å²) in [5.41, 5.74) is 2.34. The lowest BCUT2D eigenvalue weighted by Gasteiger charge is -2.30. The third-order valence-corrected chi connectivity index (χ3v) is 4.68. The van der Waals surface area contributed by atoms with Gasteiger partial charge in [-0.05, 0) is 42.3 Å². The van der Waals surface area contributed by atoms with Gasteiger partial charge in [0.2, 0.25) is 5.91 Å². The average molecular weight is 393 g/mol. The van der Waals surface area contributed by atoms with E-state index < -0.39 is 5.82 Å². The molecule has 1 heterocycles. The molecule has 27 heavy (non-hydrogen) atoms. The van der Waals surface area contributed by atoms with Crippen LogP contribution in [-0.4, -0.2) is 39.3 Å². The first kappa shape index (κ1) is 19.5. The number of anilines is 2. The fraction of sp³-hybridized carbons (Fsp3) is 0.350.